The Kier molecular flexibility index (Phi) is 4.30. The predicted octanol–water partition coefficient (Wildman–Crippen LogP) is 2.35. The van der Waals surface area contributed by atoms with E-state index in [9.17, 15) is 0 Å². The highest BCUT2D eigenvalue weighted by Gasteiger charge is 2.35. The molecule has 0 unspecified atom stereocenters. The molecule has 17 heavy (non-hydrogen) atoms. The van der Waals surface area contributed by atoms with Crippen LogP contribution >= 0.6 is 11.8 Å². The molecule has 2 nitrogen and oxygen atoms in total. The Morgan fingerprint density at radius 1 is 0.882 bits per heavy atom. The topological polar surface area (TPSA) is 15.3 Å². The van der Waals surface area contributed by atoms with E-state index in [0.717, 1.165) is 18.0 Å². The third-order valence-electron chi connectivity index (χ3n) is 4.60. The van der Waals surface area contributed by atoms with E-state index in [1.54, 1.807) is 0 Å². The fraction of sp³-hybridized carbons (Fsp3) is 1.00. The minimum Gasteiger partial charge on any atom is -0.317 e. The molecular formula is C14H26N2S. The van der Waals surface area contributed by atoms with Gasteiger partial charge >= 0.3 is 0 Å². The van der Waals surface area contributed by atoms with E-state index >= 15 is 0 Å². The van der Waals surface area contributed by atoms with E-state index in [1.165, 1.54) is 69.7 Å². The second-order valence-electron chi connectivity index (χ2n) is 5.96. The van der Waals surface area contributed by atoms with Crippen molar-refractivity contribution in [3.8, 4) is 0 Å². The van der Waals surface area contributed by atoms with Crippen LogP contribution in [0.4, 0.5) is 0 Å². The first kappa shape index (κ1) is 12.3. The first-order valence-electron chi connectivity index (χ1n) is 7.47. The molecule has 2 aliphatic heterocycles. The molecule has 0 amide bonds. The lowest BCUT2D eigenvalue weighted by Crippen LogP contribution is -2.44. The third-order valence-corrected chi connectivity index (χ3v) is 5.65. The van der Waals surface area contributed by atoms with Gasteiger partial charge in [-0.2, -0.15) is 11.8 Å². The fourth-order valence-electron chi connectivity index (χ4n) is 3.38. The van der Waals surface area contributed by atoms with Gasteiger partial charge in [-0.15, -0.1) is 0 Å². The largest absolute Gasteiger partial charge is 0.317 e. The molecule has 0 spiro atoms. The van der Waals surface area contributed by atoms with Crippen molar-refractivity contribution in [3.05, 3.63) is 0 Å². The van der Waals surface area contributed by atoms with Crippen LogP contribution in [0.2, 0.25) is 0 Å². The first-order valence-corrected chi connectivity index (χ1v) is 8.63. The van der Waals surface area contributed by atoms with Gasteiger partial charge in [0.2, 0.25) is 0 Å². The van der Waals surface area contributed by atoms with Crippen molar-refractivity contribution >= 4 is 11.8 Å². The second-order valence-corrected chi connectivity index (χ2v) is 7.19. The average Bonchev–Trinajstić information content (AvgIpc) is 3.23. The van der Waals surface area contributed by atoms with Crippen LogP contribution in [-0.4, -0.2) is 48.1 Å². The molecular weight excluding hydrogens is 228 g/mol. The van der Waals surface area contributed by atoms with E-state index in [0.29, 0.717) is 0 Å². The maximum absolute atomic E-state index is 3.49. The predicted molar refractivity (Wildman–Crippen MR) is 75.7 cm³/mol. The molecule has 1 saturated carbocycles. The van der Waals surface area contributed by atoms with Crippen LogP contribution in [-0.2, 0) is 0 Å². The molecule has 2 saturated heterocycles. The van der Waals surface area contributed by atoms with Gasteiger partial charge in [0.25, 0.3) is 0 Å². The molecule has 0 aromatic heterocycles. The maximum atomic E-state index is 3.49. The van der Waals surface area contributed by atoms with Gasteiger partial charge in [-0.05, 0) is 69.0 Å². The summed E-state index contributed by atoms with van der Waals surface area (Å²) >= 11 is 2.16. The number of rotatable bonds is 4. The van der Waals surface area contributed by atoms with Crippen LogP contribution in [0, 0.1) is 5.92 Å². The molecule has 3 fully saturated rings. The van der Waals surface area contributed by atoms with E-state index in [-0.39, 0.29) is 0 Å². The van der Waals surface area contributed by atoms with E-state index in [1.807, 2.05) is 0 Å². The fourth-order valence-corrected chi connectivity index (χ4v) is 4.46. The molecule has 1 aliphatic carbocycles. The van der Waals surface area contributed by atoms with Crippen molar-refractivity contribution in [1.29, 1.82) is 0 Å². The van der Waals surface area contributed by atoms with Crippen LogP contribution < -0.4 is 5.32 Å². The highest BCUT2D eigenvalue weighted by Crippen LogP contribution is 2.34. The summed E-state index contributed by atoms with van der Waals surface area (Å²) in [6, 6.07) is 1.90. The first-order chi connectivity index (χ1) is 8.43. The molecule has 3 rings (SSSR count). The standard InChI is InChI=1S/C14H26N2S/c1-2-13(1)16(14-5-9-17-10-6-14)11-12-3-7-15-8-4-12/h12-15H,1-11H2. The Hall–Kier alpha value is 0.270. The lowest BCUT2D eigenvalue weighted by molar-refractivity contribution is 0.135. The van der Waals surface area contributed by atoms with Crippen molar-refractivity contribution in [2.45, 2.75) is 50.6 Å². The van der Waals surface area contributed by atoms with Gasteiger partial charge < -0.3 is 5.32 Å². The Labute approximate surface area is 110 Å². The summed E-state index contributed by atoms with van der Waals surface area (Å²) in [6.07, 6.45) is 8.68. The second kappa shape index (κ2) is 5.94. The summed E-state index contributed by atoms with van der Waals surface area (Å²) in [7, 11) is 0. The summed E-state index contributed by atoms with van der Waals surface area (Å²) in [4.78, 5) is 2.91. The Bertz CT molecular complexity index is 230. The molecule has 3 heteroatoms. The number of hydrogen-bond acceptors (Lipinski definition) is 3. The SMILES string of the molecule is C1CC(CN(C2CCSCC2)C2CC2)CCN1. The normalized spacial score (nSPS) is 28.8. The summed E-state index contributed by atoms with van der Waals surface area (Å²) in [5.41, 5.74) is 0. The minimum atomic E-state index is 0.929. The van der Waals surface area contributed by atoms with Crippen molar-refractivity contribution in [2.75, 3.05) is 31.1 Å². The van der Waals surface area contributed by atoms with Crippen LogP contribution in [0.25, 0.3) is 0 Å². The number of nitrogens with zero attached hydrogens (tertiary/aromatic N) is 1. The van der Waals surface area contributed by atoms with Crippen LogP contribution in [0.5, 0.6) is 0 Å². The summed E-state index contributed by atoms with van der Waals surface area (Å²) in [6.45, 7) is 3.91. The maximum Gasteiger partial charge on any atom is 0.0114 e. The number of hydrogen-bond donors (Lipinski definition) is 1. The Morgan fingerprint density at radius 3 is 2.18 bits per heavy atom. The van der Waals surface area contributed by atoms with Crippen molar-refractivity contribution in [3.63, 3.8) is 0 Å². The van der Waals surface area contributed by atoms with Gasteiger partial charge in [-0.1, -0.05) is 0 Å². The smallest absolute Gasteiger partial charge is 0.0114 e. The zero-order chi connectivity index (χ0) is 11.5. The zero-order valence-electron chi connectivity index (χ0n) is 10.9. The summed E-state index contributed by atoms with van der Waals surface area (Å²) in [5, 5.41) is 3.49. The third kappa shape index (κ3) is 3.39. The molecule has 0 bridgehead atoms. The molecule has 3 aliphatic rings. The van der Waals surface area contributed by atoms with Gasteiger partial charge in [-0.25, -0.2) is 0 Å². The molecule has 1 N–H and O–H groups in total. The molecule has 0 radical (unpaired) electrons. The van der Waals surface area contributed by atoms with Gasteiger partial charge in [0.05, 0.1) is 0 Å². The zero-order valence-corrected chi connectivity index (χ0v) is 11.7. The summed E-state index contributed by atoms with van der Waals surface area (Å²) in [5.74, 6) is 3.78. The van der Waals surface area contributed by atoms with Crippen molar-refractivity contribution in [1.82, 2.24) is 10.2 Å². The number of piperidine rings is 1. The molecule has 0 atom stereocenters. The monoisotopic (exact) mass is 254 g/mol. The highest BCUT2D eigenvalue weighted by molar-refractivity contribution is 7.99. The van der Waals surface area contributed by atoms with Crippen LogP contribution in [0.15, 0.2) is 0 Å². The quantitative estimate of drug-likeness (QED) is 0.829. The molecule has 98 valence electrons. The lowest BCUT2D eigenvalue weighted by atomic mass is 9.96. The van der Waals surface area contributed by atoms with Crippen molar-refractivity contribution < 1.29 is 0 Å². The van der Waals surface area contributed by atoms with Gasteiger partial charge in [-0.3, -0.25) is 4.90 Å². The average molecular weight is 254 g/mol. The number of thioether (sulfide) groups is 1. The van der Waals surface area contributed by atoms with E-state index < -0.39 is 0 Å². The molecule has 0 aromatic rings. The molecule has 2 heterocycles. The van der Waals surface area contributed by atoms with Gasteiger partial charge in [0, 0.05) is 18.6 Å². The Morgan fingerprint density at radius 2 is 1.53 bits per heavy atom. The minimum absolute atomic E-state index is 0.929. The summed E-state index contributed by atoms with van der Waals surface area (Å²) < 4.78 is 0. The van der Waals surface area contributed by atoms with E-state index in [4.69, 9.17) is 0 Å². The van der Waals surface area contributed by atoms with Gasteiger partial charge in [0.1, 0.15) is 0 Å². The lowest BCUT2D eigenvalue weighted by Gasteiger charge is -2.37. The van der Waals surface area contributed by atoms with E-state index in [2.05, 4.69) is 22.0 Å². The molecule has 0 aromatic carbocycles. The van der Waals surface area contributed by atoms with Crippen LogP contribution in [0.1, 0.15) is 38.5 Å². The Balaban J connectivity index is 1.55. The van der Waals surface area contributed by atoms with Crippen molar-refractivity contribution in [2.24, 2.45) is 5.92 Å². The van der Waals surface area contributed by atoms with Crippen LogP contribution in [0.3, 0.4) is 0 Å². The highest BCUT2D eigenvalue weighted by atomic mass is 32.2. The van der Waals surface area contributed by atoms with Gasteiger partial charge in [0.15, 0.2) is 0 Å². The number of nitrogens with one attached hydrogen (secondary N) is 1.